The number of nitrogens with one attached hydrogen (secondary N) is 1. The lowest BCUT2D eigenvalue weighted by Crippen LogP contribution is -2.22. The van der Waals surface area contributed by atoms with E-state index in [0.717, 1.165) is 17.0 Å². The lowest BCUT2D eigenvalue weighted by Gasteiger charge is -2.12. The van der Waals surface area contributed by atoms with Gasteiger partial charge in [-0.15, -0.1) is 0 Å². The maximum atomic E-state index is 9.15. The van der Waals surface area contributed by atoms with Crippen LogP contribution in [0.4, 0.5) is 5.69 Å². The van der Waals surface area contributed by atoms with Crippen molar-refractivity contribution in [2.75, 3.05) is 25.6 Å². The molecule has 1 aromatic rings. The largest absolute Gasteiger partial charge is 0.496 e. The summed E-state index contributed by atoms with van der Waals surface area (Å²) in [5.41, 5.74) is 1.93. The van der Waals surface area contributed by atoms with Gasteiger partial charge < -0.3 is 20.3 Å². The maximum Gasteiger partial charge on any atom is 0.121 e. The Hall–Kier alpha value is -1.26. The molecule has 15 heavy (non-hydrogen) atoms. The monoisotopic (exact) mass is 211 g/mol. The average Bonchev–Trinajstić information content (AvgIpc) is 2.26. The van der Waals surface area contributed by atoms with E-state index in [1.54, 1.807) is 7.11 Å². The summed E-state index contributed by atoms with van der Waals surface area (Å²) in [4.78, 5) is 0. The zero-order valence-electron chi connectivity index (χ0n) is 9.03. The Labute approximate surface area is 89.5 Å². The van der Waals surface area contributed by atoms with Crippen molar-refractivity contribution in [3.63, 3.8) is 0 Å². The summed E-state index contributed by atoms with van der Waals surface area (Å²) in [6.45, 7) is 2.05. The summed E-state index contributed by atoms with van der Waals surface area (Å²) in [5, 5.41) is 20.8. The Morgan fingerprint density at radius 1 is 1.47 bits per heavy atom. The van der Waals surface area contributed by atoms with Crippen LogP contribution in [0, 0.1) is 6.92 Å². The number of hydrogen-bond donors (Lipinski definition) is 3. The van der Waals surface area contributed by atoms with Crippen LogP contribution >= 0.6 is 0 Å². The Bertz CT molecular complexity index is 315. The summed E-state index contributed by atoms with van der Waals surface area (Å²) in [6, 6.07) is 5.67. The van der Waals surface area contributed by atoms with Crippen molar-refractivity contribution >= 4 is 5.69 Å². The third-order valence-electron chi connectivity index (χ3n) is 2.15. The lowest BCUT2D eigenvalue weighted by molar-refractivity contribution is 0.105. The van der Waals surface area contributed by atoms with Crippen molar-refractivity contribution in [3.8, 4) is 5.75 Å². The van der Waals surface area contributed by atoms with E-state index in [2.05, 4.69) is 5.32 Å². The predicted octanol–water partition coefficient (Wildman–Crippen LogP) is 0.769. The van der Waals surface area contributed by atoms with Gasteiger partial charge in [-0.25, -0.2) is 0 Å². The van der Waals surface area contributed by atoms with Gasteiger partial charge in [-0.1, -0.05) is 0 Å². The van der Waals surface area contributed by atoms with Crippen LogP contribution in [-0.2, 0) is 0 Å². The topological polar surface area (TPSA) is 61.7 Å². The Balaban J connectivity index is 2.59. The van der Waals surface area contributed by atoms with Gasteiger partial charge in [0.25, 0.3) is 0 Å². The van der Waals surface area contributed by atoms with Gasteiger partial charge >= 0.3 is 0 Å². The Morgan fingerprint density at radius 2 is 2.20 bits per heavy atom. The minimum absolute atomic E-state index is 0.234. The van der Waals surface area contributed by atoms with Crippen molar-refractivity contribution in [2.45, 2.75) is 13.0 Å². The number of aliphatic hydroxyl groups is 2. The van der Waals surface area contributed by atoms with E-state index in [1.165, 1.54) is 0 Å². The van der Waals surface area contributed by atoms with Crippen LogP contribution in [0.2, 0.25) is 0 Å². The number of anilines is 1. The molecule has 4 heteroatoms. The zero-order chi connectivity index (χ0) is 11.3. The summed E-state index contributed by atoms with van der Waals surface area (Å²) in [5.74, 6) is 0.836. The zero-order valence-corrected chi connectivity index (χ0v) is 9.03. The molecule has 1 atom stereocenters. The highest BCUT2D eigenvalue weighted by Crippen LogP contribution is 2.21. The number of aliphatic hydroxyl groups excluding tert-OH is 2. The van der Waals surface area contributed by atoms with Gasteiger partial charge in [-0.2, -0.15) is 0 Å². The molecule has 0 bridgehead atoms. The van der Waals surface area contributed by atoms with Crippen molar-refractivity contribution in [1.29, 1.82) is 0 Å². The van der Waals surface area contributed by atoms with Crippen LogP contribution in [-0.4, -0.2) is 36.6 Å². The molecule has 0 heterocycles. The summed E-state index contributed by atoms with van der Waals surface area (Å²) < 4.78 is 5.13. The maximum absolute atomic E-state index is 9.15. The first kappa shape index (κ1) is 11.8. The molecule has 1 unspecified atom stereocenters. The minimum atomic E-state index is -0.729. The van der Waals surface area contributed by atoms with Crippen LogP contribution < -0.4 is 10.1 Å². The first-order chi connectivity index (χ1) is 7.17. The third-order valence-corrected chi connectivity index (χ3v) is 2.15. The van der Waals surface area contributed by atoms with Crippen LogP contribution in [0.3, 0.4) is 0 Å². The highest BCUT2D eigenvalue weighted by molar-refractivity contribution is 5.50. The van der Waals surface area contributed by atoms with E-state index < -0.39 is 6.10 Å². The number of aryl methyl sites for hydroxylation is 1. The van der Waals surface area contributed by atoms with Gasteiger partial charge in [0.15, 0.2) is 0 Å². The van der Waals surface area contributed by atoms with Gasteiger partial charge in [0, 0.05) is 12.2 Å². The first-order valence-electron chi connectivity index (χ1n) is 4.84. The predicted molar refractivity (Wildman–Crippen MR) is 59.3 cm³/mol. The molecule has 0 aliphatic heterocycles. The van der Waals surface area contributed by atoms with E-state index in [-0.39, 0.29) is 6.61 Å². The molecule has 0 aliphatic carbocycles. The van der Waals surface area contributed by atoms with Crippen molar-refractivity contribution in [1.82, 2.24) is 0 Å². The molecule has 0 fully saturated rings. The van der Waals surface area contributed by atoms with Gasteiger partial charge in [0.05, 0.1) is 19.8 Å². The first-order valence-corrected chi connectivity index (χ1v) is 4.84. The SMILES string of the molecule is COc1ccc(NCC(O)CO)cc1C. The third kappa shape index (κ3) is 3.42. The molecule has 0 saturated heterocycles. The smallest absolute Gasteiger partial charge is 0.121 e. The molecule has 0 aromatic heterocycles. The molecule has 1 aromatic carbocycles. The number of ether oxygens (including phenoxy) is 1. The van der Waals surface area contributed by atoms with E-state index in [4.69, 9.17) is 14.9 Å². The standard InChI is InChI=1S/C11H17NO3/c1-8-5-9(3-4-11(8)15-2)12-6-10(14)7-13/h3-5,10,12-14H,6-7H2,1-2H3. The fourth-order valence-corrected chi connectivity index (χ4v) is 1.29. The molecule has 0 spiro atoms. The van der Waals surface area contributed by atoms with Crippen LogP contribution in [0.1, 0.15) is 5.56 Å². The number of rotatable bonds is 5. The highest BCUT2D eigenvalue weighted by Gasteiger charge is 2.03. The molecule has 0 amide bonds. The second-order valence-corrected chi connectivity index (χ2v) is 3.40. The average molecular weight is 211 g/mol. The molecular weight excluding hydrogens is 194 g/mol. The molecule has 0 saturated carbocycles. The number of methoxy groups -OCH3 is 1. The Kier molecular flexibility index (Phi) is 4.39. The minimum Gasteiger partial charge on any atom is -0.496 e. The number of benzene rings is 1. The molecule has 3 N–H and O–H groups in total. The van der Waals surface area contributed by atoms with E-state index in [0.29, 0.717) is 6.54 Å². The van der Waals surface area contributed by atoms with Crippen LogP contribution in [0.5, 0.6) is 5.75 Å². The van der Waals surface area contributed by atoms with Crippen LogP contribution in [0.25, 0.3) is 0 Å². The van der Waals surface area contributed by atoms with Gasteiger partial charge in [0.2, 0.25) is 0 Å². The lowest BCUT2D eigenvalue weighted by atomic mass is 10.2. The van der Waals surface area contributed by atoms with Gasteiger partial charge in [0.1, 0.15) is 5.75 Å². The fourth-order valence-electron chi connectivity index (χ4n) is 1.29. The second-order valence-electron chi connectivity index (χ2n) is 3.40. The van der Waals surface area contributed by atoms with Crippen LogP contribution in [0.15, 0.2) is 18.2 Å². The molecule has 84 valence electrons. The fraction of sp³-hybridized carbons (Fsp3) is 0.455. The highest BCUT2D eigenvalue weighted by atomic mass is 16.5. The van der Waals surface area contributed by atoms with E-state index >= 15 is 0 Å². The van der Waals surface area contributed by atoms with E-state index in [9.17, 15) is 0 Å². The normalized spacial score (nSPS) is 12.3. The molecule has 1 rings (SSSR count). The molecule has 4 nitrogen and oxygen atoms in total. The quantitative estimate of drug-likeness (QED) is 0.673. The van der Waals surface area contributed by atoms with Gasteiger partial charge in [-0.05, 0) is 30.7 Å². The van der Waals surface area contributed by atoms with Crippen molar-refractivity contribution < 1.29 is 14.9 Å². The van der Waals surface area contributed by atoms with Crippen molar-refractivity contribution in [3.05, 3.63) is 23.8 Å². The molecular formula is C11H17NO3. The molecule has 0 radical (unpaired) electrons. The summed E-state index contributed by atoms with van der Waals surface area (Å²) in [7, 11) is 1.63. The molecule has 0 aliphatic rings. The second kappa shape index (κ2) is 5.58. The summed E-state index contributed by atoms with van der Waals surface area (Å²) >= 11 is 0. The number of hydrogen-bond acceptors (Lipinski definition) is 4. The van der Waals surface area contributed by atoms with E-state index in [1.807, 2.05) is 25.1 Å². The summed E-state index contributed by atoms with van der Waals surface area (Å²) in [6.07, 6.45) is -0.729. The van der Waals surface area contributed by atoms with Gasteiger partial charge in [-0.3, -0.25) is 0 Å². The van der Waals surface area contributed by atoms with Crippen molar-refractivity contribution in [2.24, 2.45) is 0 Å². The Morgan fingerprint density at radius 3 is 2.73 bits per heavy atom.